The first kappa shape index (κ1) is 31.3. The number of hydrogen-bond donors (Lipinski definition) is 1. The highest BCUT2D eigenvalue weighted by molar-refractivity contribution is 6.74. The summed E-state index contributed by atoms with van der Waals surface area (Å²) in [6.45, 7) is 20.3. The van der Waals surface area contributed by atoms with Crippen molar-refractivity contribution in [1.82, 2.24) is 0 Å². The van der Waals surface area contributed by atoms with Gasteiger partial charge in [0, 0.05) is 6.61 Å². The van der Waals surface area contributed by atoms with E-state index in [0.29, 0.717) is 6.61 Å². The smallest absolute Gasteiger partial charge is 0.411 e. The number of benzene rings is 1. The number of aliphatic hydroxyl groups excluding tert-OH is 1. The van der Waals surface area contributed by atoms with E-state index in [1.165, 1.54) is 0 Å². The Kier molecular flexibility index (Phi) is 10.6. The Labute approximate surface area is 206 Å². The van der Waals surface area contributed by atoms with Gasteiger partial charge in [-0.15, -0.1) is 0 Å². The predicted molar refractivity (Wildman–Crippen MR) is 137 cm³/mol. The third kappa shape index (κ3) is 9.06. The molecule has 0 saturated carbocycles. The lowest BCUT2D eigenvalue weighted by molar-refractivity contribution is -0.238. The fourth-order valence-electron chi connectivity index (χ4n) is 2.86. The number of rotatable bonds is 11. The minimum atomic E-state index is -4.83. The van der Waals surface area contributed by atoms with Gasteiger partial charge in [0.15, 0.2) is 22.7 Å². The highest BCUT2D eigenvalue weighted by Crippen LogP contribution is 2.42. The third-order valence-electron chi connectivity index (χ3n) is 7.16. The van der Waals surface area contributed by atoms with Crippen LogP contribution in [-0.4, -0.2) is 52.8 Å². The third-order valence-corrected chi connectivity index (χ3v) is 16.1. The molecule has 198 valence electrons. The van der Waals surface area contributed by atoms with Gasteiger partial charge in [-0.1, -0.05) is 71.9 Å². The Balaban J connectivity index is 3.24. The first-order valence-electron chi connectivity index (χ1n) is 11.9. The Morgan fingerprint density at radius 1 is 0.824 bits per heavy atom. The van der Waals surface area contributed by atoms with Crippen LogP contribution in [0.4, 0.5) is 13.2 Å². The molecule has 3 atom stereocenters. The summed E-state index contributed by atoms with van der Waals surface area (Å²) in [6, 6.07) is 9.59. The fourth-order valence-corrected chi connectivity index (χ4v) is 5.53. The van der Waals surface area contributed by atoms with E-state index < -0.39 is 41.1 Å². The molecule has 0 spiro atoms. The van der Waals surface area contributed by atoms with Crippen molar-refractivity contribution in [2.75, 3.05) is 6.61 Å². The lowest BCUT2D eigenvalue weighted by Crippen LogP contribution is -2.58. The van der Waals surface area contributed by atoms with Crippen LogP contribution in [0.3, 0.4) is 0 Å². The van der Waals surface area contributed by atoms with Crippen LogP contribution in [-0.2, 0) is 20.2 Å². The van der Waals surface area contributed by atoms with Crippen molar-refractivity contribution in [2.45, 2.75) is 115 Å². The Morgan fingerprint density at radius 3 is 1.74 bits per heavy atom. The molecule has 1 aromatic carbocycles. The van der Waals surface area contributed by atoms with Gasteiger partial charge in [0.05, 0.1) is 12.7 Å². The number of ether oxygens (including phenoxy) is 1. The summed E-state index contributed by atoms with van der Waals surface area (Å²) in [5, 5.41) is 9.89. The fraction of sp³-hybridized carbons (Fsp3) is 0.760. The molecule has 0 bridgehead atoms. The Morgan fingerprint density at radius 2 is 1.29 bits per heavy atom. The van der Waals surface area contributed by atoms with Crippen LogP contribution in [0.25, 0.3) is 0 Å². The van der Waals surface area contributed by atoms with Gasteiger partial charge in [-0.25, -0.2) is 0 Å². The van der Waals surface area contributed by atoms with E-state index in [0.717, 1.165) is 5.56 Å². The average molecular weight is 523 g/mol. The van der Waals surface area contributed by atoms with E-state index in [-0.39, 0.29) is 23.1 Å². The van der Waals surface area contributed by atoms with Crippen molar-refractivity contribution in [1.29, 1.82) is 0 Å². The molecule has 1 N–H and O–H groups in total. The Bertz CT molecular complexity index is 741. The van der Waals surface area contributed by atoms with Crippen molar-refractivity contribution in [2.24, 2.45) is 0 Å². The highest BCUT2D eigenvalue weighted by atomic mass is 28.4. The highest BCUT2D eigenvalue weighted by Gasteiger charge is 2.52. The number of aliphatic hydroxyl groups is 1. The van der Waals surface area contributed by atoms with E-state index >= 15 is 0 Å². The van der Waals surface area contributed by atoms with Gasteiger partial charge in [-0.3, -0.25) is 0 Å². The topological polar surface area (TPSA) is 47.9 Å². The SMILES string of the molecule is CC(C)(C)[Si](C)(C)O[C@@H]([C@H](CCOCc1ccccc1)O[Si](C)(C)C(C)(C)C)[C@H](O)C(F)(F)F. The standard InChI is InChI=1S/C25H45F3O4Si2/c1-23(2,3)33(7,8)31-20(16-17-30-18-19-14-12-11-13-15-19)21(22(29)25(26,27)28)32-34(9,10)24(4,5)6/h11-15,20-22,29H,16-18H2,1-10H3/t20-,21-,22-/m0/s1. The molecule has 34 heavy (non-hydrogen) atoms. The van der Waals surface area contributed by atoms with Crippen LogP contribution in [0.1, 0.15) is 53.5 Å². The maximum Gasteiger partial charge on any atom is 0.416 e. The quantitative estimate of drug-likeness (QED) is 0.245. The molecule has 4 nitrogen and oxygen atoms in total. The van der Waals surface area contributed by atoms with Crippen molar-refractivity contribution >= 4 is 16.6 Å². The van der Waals surface area contributed by atoms with Gasteiger partial charge < -0.3 is 18.7 Å². The lowest BCUT2D eigenvalue weighted by atomic mass is 10.1. The van der Waals surface area contributed by atoms with Gasteiger partial charge in [0.2, 0.25) is 0 Å². The molecule has 0 fully saturated rings. The maximum absolute atomic E-state index is 13.8. The first-order chi connectivity index (χ1) is 15.2. The van der Waals surface area contributed by atoms with Gasteiger partial charge >= 0.3 is 6.18 Å². The second kappa shape index (κ2) is 11.6. The van der Waals surface area contributed by atoms with Crippen LogP contribution >= 0.6 is 0 Å². The zero-order valence-electron chi connectivity index (χ0n) is 22.5. The molecule has 0 saturated heterocycles. The van der Waals surface area contributed by atoms with Crippen LogP contribution in [0.15, 0.2) is 30.3 Å². The molecule has 1 aromatic rings. The number of halogens is 3. The normalized spacial score (nSPS) is 16.9. The molecule has 0 heterocycles. The van der Waals surface area contributed by atoms with E-state index in [4.69, 9.17) is 13.6 Å². The van der Waals surface area contributed by atoms with E-state index in [1.54, 1.807) is 0 Å². The summed E-state index contributed by atoms with van der Waals surface area (Å²) < 4.78 is 60.0. The van der Waals surface area contributed by atoms with Gasteiger partial charge in [0.25, 0.3) is 0 Å². The van der Waals surface area contributed by atoms with Crippen LogP contribution in [0, 0.1) is 0 Å². The molecule has 0 aliphatic heterocycles. The zero-order valence-corrected chi connectivity index (χ0v) is 24.5. The number of hydrogen-bond acceptors (Lipinski definition) is 4. The Hall–Kier alpha value is -0.716. The van der Waals surface area contributed by atoms with Crippen LogP contribution in [0.5, 0.6) is 0 Å². The second-order valence-corrected chi connectivity index (χ2v) is 21.6. The summed E-state index contributed by atoms with van der Waals surface area (Å²) in [4.78, 5) is 0. The molecule has 0 amide bonds. The number of alkyl halides is 3. The van der Waals surface area contributed by atoms with Crippen molar-refractivity contribution in [3.8, 4) is 0 Å². The summed E-state index contributed by atoms with van der Waals surface area (Å²) in [6.07, 6.45) is -9.78. The van der Waals surface area contributed by atoms with Gasteiger partial charge in [0.1, 0.15) is 6.10 Å². The minimum absolute atomic E-state index is 0.186. The van der Waals surface area contributed by atoms with E-state index in [9.17, 15) is 18.3 Å². The molecule has 0 radical (unpaired) electrons. The molecule has 1 rings (SSSR count). The summed E-state index contributed by atoms with van der Waals surface area (Å²) in [5.41, 5.74) is 0.980. The van der Waals surface area contributed by atoms with Crippen LogP contribution < -0.4 is 0 Å². The maximum atomic E-state index is 13.8. The monoisotopic (exact) mass is 522 g/mol. The second-order valence-electron chi connectivity index (χ2n) is 12.1. The largest absolute Gasteiger partial charge is 0.416 e. The van der Waals surface area contributed by atoms with Gasteiger partial charge in [-0.2, -0.15) is 13.2 Å². The van der Waals surface area contributed by atoms with Crippen LogP contribution in [0.2, 0.25) is 36.3 Å². The summed E-state index contributed by atoms with van der Waals surface area (Å²) in [5.74, 6) is 0. The molecule has 0 aliphatic rings. The van der Waals surface area contributed by atoms with Gasteiger partial charge in [-0.05, 0) is 48.2 Å². The molecule has 0 aliphatic carbocycles. The molecular formula is C25H45F3O4Si2. The van der Waals surface area contributed by atoms with Crippen molar-refractivity contribution in [3.05, 3.63) is 35.9 Å². The van der Waals surface area contributed by atoms with E-state index in [2.05, 4.69) is 0 Å². The molecule has 0 unspecified atom stereocenters. The van der Waals surface area contributed by atoms with Crippen molar-refractivity contribution in [3.63, 3.8) is 0 Å². The summed E-state index contributed by atoms with van der Waals surface area (Å²) in [7, 11) is -5.14. The van der Waals surface area contributed by atoms with E-state index in [1.807, 2.05) is 98.1 Å². The molecule has 9 heteroatoms. The predicted octanol–water partition coefficient (Wildman–Crippen LogP) is 7.30. The minimum Gasteiger partial charge on any atom is -0.411 e. The van der Waals surface area contributed by atoms with Crippen molar-refractivity contribution < 1.29 is 31.9 Å². The molecule has 0 aromatic heterocycles. The lowest BCUT2D eigenvalue weighted by Gasteiger charge is -2.46. The first-order valence-corrected chi connectivity index (χ1v) is 17.7. The summed E-state index contributed by atoms with van der Waals surface area (Å²) >= 11 is 0. The average Bonchev–Trinajstić information content (AvgIpc) is 2.66. The zero-order chi connectivity index (χ0) is 26.6. The molecular weight excluding hydrogens is 477 g/mol.